The molecule has 0 N–H and O–H groups in total. The molecule has 2 bridgehead atoms. The first kappa shape index (κ1) is 8.20. The molecule has 3 atom stereocenters. The number of carbonyl (C=O) groups excluding carboxylic acids is 1. The number of rotatable bonds is 1. The minimum atomic E-state index is -0.237. The second-order valence-electron chi connectivity index (χ2n) is 3.55. The number of carbonyl (C=O) groups is 1. The molecule has 2 heterocycles. The van der Waals surface area contributed by atoms with Crippen LogP contribution in [0.3, 0.4) is 0 Å². The van der Waals surface area contributed by atoms with Crippen molar-refractivity contribution in [1.82, 2.24) is 0 Å². The molecular weight excluding hydrogens is 156 g/mol. The molecule has 2 rings (SSSR count). The van der Waals surface area contributed by atoms with Crippen LogP contribution in [-0.4, -0.2) is 24.8 Å². The Morgan fingerprint density at radius 2 is 2.33 bits per heavy atom. The van der Waals surface area contributed by atoms with E-state index in [2.05, 4.69) is 6.92 Å². The van der Waals surface area contributed by atoms with Crippen molar-refractivity contribution in [3.05, 3.63) is 0 Å². The highest BCUT2D eigenvalue weighted by Crippen LogP contribution is 2.29. The Hall–Kier alpha value is -0.410. The summed E-state index contributed by atoms with van der Waals surface area (Å²) in [7, 11) is 0. The predicted octanol–water partition coefficient (Wildman–Crippen LogP) is 1.12. The average Bonchev–Trinajstić information content (AvgIpc) is 2.04. The van der Waals surface area contributed by atoms with E-state index in [-0.39, 0.29) is 18.2 Å². The van der Waals surface area contributed by atoms with E-state index in [1.54, 1.807) is 0 Å². The van der Waals surface area contributed by atoms with Gasteiger partial charge in [0.1, 0.15) is 5.78 Å². The molecule has 0 radical (unpaired) electrons. The van der Waals surface area contributed by atoms with Gasteiger partial charge in [-0.15, -0.1) is 0 Å². The van der Waals surface area contributed by atoms with E-state index < -0.39 is 0 Å². The summed E-state index contributed by atoms with van der Waals surface area (Å²) in [6.45, 7) is 2.87. The highest BCUT2D eigenvalue weighted by atomic mass is 16.7. The van der Waals surface area contributed by atoms with Crippen LogP contribution in [-0.2, 0) is 14.3 Å². The van der Waals surface area contributed by atoms with Crippen LogP contribution in [0.25, 0.3) is 0 Å². The fraction of sp³-hybridized carbons (Fsp3) is 0.889. The van der Waals surface area contributed by atoms with E-state index in [0.29, 0.717) is 18.8 Å². The van der Waals surface area contributed by atoms with Gasteiger partial charge in [-0.3, -0.25) is 4.79 Å². The summed E-state index contributed by atoms with van der Waals surface area (Å²) in [5, 5.41) is 0. The Kier molecular flexibility index (Phi) is 2.15. The SMILES string of the molecule is CC[C@@H]1CO[C@H]2CC(=O)C[C@@H]1O2. The summed E-state index contributed by atoms with van der Waals surface area (Å²) < 4.78 is 10.9. The van der Waals surface area contributed by atoms with Gasteiger partial charge in [-0.05, 0) is 6.42 Å². The van der Waals surface area contributed by atoms with Crippen molar-refractivity contribution in [2.75, 3.05) is 6.61 Å². The molecule has 2 fully saturated rings. The van der Waals surface area contributed by atoms with Crippen molar-refractivity contribution in [2.45, 2.75) is 38.6 Å². The Labute approximate surface area is 72.0 Å². The third-order valence-corrected chi connectivity index (χ3v) is 2.70. The average molecular weight is 170 g/mol. The first-order valence-corrected chi connectivity index (χ1v) is 4.58. The Bertz CT molecular complexity index is 190. The quantitative estimate of drug-likeness (QED) is 0.591. The normalized spacial score (nSPS) is 41.4. The maximum absolute atomic E-state index is 11.2. The maximum atomic E-state index is 11.2. The molecule has 68 valence electrons. The molecule has 2 aliphatic rings. The summed E-state index contributed by atoms with van der Waals surface area (Å²) in [6, 6.07) is 0. The molecule has 0 aromatic rings. The standard InChI is InChI=1S/C9H14O3/c1-2-6-5-11-9-4-7(10)3-8(6)12-9/h6,8-9H,2-5H2,1H3/t6-,8+,9-/m1/s1. The summed E-state index contributed by atoms with van der Waals surface area (Å²) in [5.74, 6) is 0.708. The third-order valence-electron chi connectivity index (χ3n) is 2.70. The highest BCUT2D eigenvalue weighted by molar-refractivity contribution is 5.80. The third kappa shape index (κ3) is 1.39. The monoisotopic (exact) mass is 170 g/mol. The van der Waals surface area contributed by atoms with Crippen molar-refractivity contribution in [3.63, 3.8) is 0 Å². The van der Waals surface area contributed by atoms with Crippen molar-refractivity contribution in [1.29, 1.82) is 0 Å². The summed E-state index contributed by atoms with van der Waals surface area (Å²) >= 11 is 0. The number of ether oxygens (including phenoxy) is 2. The van der Waals surface area contributed by atoms with Gasteiger partial charge in [0.25, 0.3) is 0 Å². The number of hydrogen-bond acceptors (Lipinski definition) is 3. The van der Waals surface area contributed by atoms with Gasteiger partial charge in [-0.1, -0.05) is 6.92 Å². The molecular formula is C9H14O3. The van der Waals surface area contributed by atoms with Crippen LogP contribution in [0, 0.1) is 5.92 Å². The number of Topliss-reactive ketones (excluding diaryl/α,β-unsaturated/α-hetero) is 1. The Morgan fingerprint density at radius 1 is 1.50 bits per heavy atom. The van der Waals surface area contributed by atoms with E-state index in [0.717, 1.165) is 13.0 Å². The molecule has 3 heteroatoms. The lowest BCUT2D eigenvalue weighted by Gasteiger charge is -2.39. The molecule has 2 aliphatic heterocycles. The number of fused-ring (bicyclic) bond motifs is 2. The zero-order valence-corrected chi connectivity index (χ0v) is 7.29. The molecule has 0 saturated carbocycles. The minimum absolute atomic E-state index is 0.134. The lowest BCUT2D eigenvalue weighted by atomic mass is 9.91. The summed E-state index contributed by atoms with van der Waals surface area (Å²) in [6.07, 6.45) is 1.98. The van der Waals surface area contributed by atoms with E-state index in [1.165, 1.54) is 0 Å². The van der Waals surface area contributed by atoms with Crippen molar-refractivity contribution < 1.29 is 14.3 Å². The highest BCUT2D eigenvalue weighted by Gasteiger charge is 2.37. The molecule has 0 aliphatic carbocycles. The largest absolute Gasteiger partial charge is 0.352 e. The zero-order valence-electron chi connectivity index (χ0n) is 7.29. The van der Waals surface area contributed by atoms with Crippen molar-refractivity contribution >= 4 is 5.78 Å². The minimum Gasteiger partial charge on any atom is -0.352 e. The Balaban J connectivity index is 2.04. The lowest BCUT2D eigenvalue weighted by molar-refractivity contribution is -0.249. The summed E-state index contributed by atoms with van der Waals surface area (Å²) in [4.78, 5) is 11.2. The maximum Gasteiger partial charge on any atom is 0.164 e. The van der Waals surface area contributed by atoms with Gasteiger partial charge in [0.05, 0.1) is 19.1 Å². The molecule has 0 aromatic heterocycles. The molecule has 0 amide bonds. The van der Waals surface area contributed by atoms with E-state index in [9.17, 15) is 4.79 Å². The van der Waals surface area contributed by atoms with Crippen LogP contribution < -0.4 is 0 Å². The van der Waals surface area contributed by atoms with Gasteiger partial charge in [0, 0.05) is 12.3 Å². The molecule has 0 spiro atoms. The van der Waals surface area contributed by atoms with Crippen LogP contribution in [0.5, 0.6) is 0 Å². The van der Waals surface area contributed by atoms with E-state index in [4.69, 9.17) is 9.47 Å². The van der Waals surface area contributed by atoms with Gasteiger partial charge < -0.3 is 9.47 Å². The molecule has 0 aromatic carbocycles. The van der Waals surface area contributed by atoms with Gasteiger partial charge in [-0.25, -0.2) is 0 Å². The smallest absolute Gasteiger partial charge is 0.164 e. The van der Waals surface area contributed by atoms with Crippen LogP contribution in [0.1, 0.15) is 26.2 Å². The zero-order chi connectivity index (χ0) is 8.55. The number of hydrogen-bond donors (Lipinski definition) is 0. The van der Waals surface area contributed by atoms with Crippen LogP contribution in [0.4, 0.5) is 0 Å². The van der Waals surface area contributed by atoms with Gasteiger partial charge >= 0.3 is 0 Å². The van der Waals surface area contributed by atoms with Crippen LogP contribution >= 0.6 is 0 Å². The predicted molar refractivity (Wildman–Crippen MR) is 42.6 cm³/mol. The lowest BCUT2D eigenvalue weighted by Crippen LogP contribution is -2.45. The molecule has 2 saturated heterocycles. The van der Waals surface area contributed by atoms with Gasteiger partial charge in [0.2, 0.25) is 0 Å². The Morgan fingerprint density at radius 3 is 3.08 bits per heavy atom. The fourth-order valence-electron chi connectivity index (χ4n) is 1.88. The molecule has 3 nitrogen and oxygen atoms in total. The van der Waals surface area contributed by atoms with E-state index in [1.807, 2.05) is 0 Å². The molecule has 0 unspecified atom stereocenters. The first-order valence-electron chi connectivity index (χ1n) is 4.58. The van der Waals surface area contributed by atoms with Crippen molar-refractivity contribution in [3.8, 4) is 0 Å². The molecule has 12 heavy (non-hydrogen) atoms. The topological polar surface area (TPSA) is 35.5 Å². The second kappa shape index (κ2) is 3.15. The first-order chi connectivity index (χ1) is 5.79. The van der Waals surface area contributed by atoms with Gasteiger partial charge in [-0.2, -0.15) is 0 Å². The van der Waals surface area contributed by atoms with Crippen LogP contribution in [0.15, 0.2) is 0 Å². The van der Waals surface area contributed by atoms with E-state index >= 15 is 0 Å². The fourth-order valence-corrected chi connectivity index (χ4v) is 1.88. The van der Waals surface area contributed by atoms with Gasteiger partial charge in [0.15, 0.2) is 6.29 Å². The second-order valence-corrected chi connectivity index (χ2v) is 3.55. The number of ketones is 1. The summed E-state index contributed by atoms with van der Waals surface area (Å²) in [5.41, 5.74) is 0. The van der Waals surface area contributed by atoms with Crippen molar-refractivity contribution in [2.24, 2.45) is 5.92 Å². The van der Waals surface area contributed by atoms with Crippen LogP contribution in [0.2, 0.25) is 0 Å².